The van der Waals surface area contributed by atoms with E-state index in [0.717, 1.165) is 38.5 Å². The number of carbonyl (C=O) groups is 2. The van der Waals surface area contributed by atoms with Crippen LogP contribution in [0.2, 0.25) is 0 Å². The van der Waals surface area contributed by atoms with E-state index < -0.39 is 11.4 Å². The van der Waals surface area contributed by atoms with Gasteiger partial charge in [0.05, 0.1) is 11.0 Å². The number of carbonyl (C=O) groups excluding carboxylic acids is 1. The topological polar surface area (TPSA) is 63.6 Å². The van der Waals surface area contributed by atoms with Gasteiger partial charge >= 0.3 is 11.9 Å². The summed E-state index contributed by atoms with van der Waals surface area (Å²) in [5.74, 6) is -0.362. The second-order valence-corrected chi connectivity index (χ2v) is 24.7. The molecule has 0 aromatic heterocycles. The number of aromatic carboxylic acids is 1. The fourth-order valence-corrected chi connectivity index (χ4v) is 13.9. The Morgan fingerprint density at radius 3 is 0.800 bits per heavy atom. The Morgan fingerprint density at radius 2 is 0.547 bits per heavy atom. The Hall–Kier alpha value is -1.84. The van der Waals surface area contributed by atoms with Gasteiger partial charge in [-0.1, -0.05) is 344 Å². The van der Waals surface area contributed by atoms with Crippen LogP contribution in [-0.4, -0.2) is 17.0 Å². The van der Waals surface area contributed by atoms with Gasteiger partial charge < -0.3 is 9.84 Å². The van der Waals surface area contributed by atoms with Crippen molar-refractivity contribution in [3.63, 3.8) is 0 Å². The van der Waals surface area contributed by atoms with Crippen molar-refractivity contribution in [2.75, 3.05) is 0 Å². The molecule has 1 aromatic carbocycles. The van der Waals surface area contributed by atoms with E-state index in [-0.39, 0.29) is 22.4 Å². The number of ether oxygens (including phenoxy) is 1. The first-order valence-electron chi connectivity index (χ1n) is 34.3. The maximum Gasteiger partial charge on any atom is 0.335 e. The fraction of sp³-hybridized carbons (Fsp3) is 0.887. The quantitative estimate of drug-likeness (QED) is 0.0401. The molecule has 2 atom stereocenters. The molecule has 0 amide bonds. The molecule has 0 fully saturated rings. The third kappa shape index (κ3) is 30.9. The predicted octanol–water partition coefficient (Wildman–Crippen LogP) is 25.1. The van der Waals surface area contributed by atoms with Gasteiger partial charge in [-0.15, -0.1) is 0 Å². The standard InChI is InChI=1S/C71H132O4/c1-8-15-22-29-36-41-48-59-69(58-47-40-33-26-19-12-5,60-49-42-37-30-23-16-9-2)71(63-52-45-35-28-21-14-7,64-53-46-39-32-25-18-11-4)70(61-50-43-34-27-20-13-6,62-51-44-38-31-24-17-10-3)68(74)75-66-56-54-65(55-57-66)67(72)73/h54-57H,8-53,58-64H2,1-7H3,(H,72,73). The van der Waals surface area contributed by atoms with E-state index in [4.69, 9.17) is 4.74 Å². The molecule has 4 heteroatoms. The van der Waals surface area contributed by atoms with Crippen LogP contribution in [0.5, 0.6) is 5.75 Å². The van der Waals surface area contributed by atoms with Crippen molar-refractivity contribution in [2.24, 2.45) is 16.2 Å². The summed E-state index contributed by atoms with van der Waals surface area (Å²) >= 11 is 0. The average molecular weight is 1050 g/mol. The van der Waals surface area contributed by atoms with E-state index in [1.807, 2.05) is 0 Å². The van der Waals surface area contributed by atoms with Crippen LogP contribution in [0.4, 0.5) is 0 Å². The van der Waals surface area contributed by atoms with E-state index in [1.54, 1.807) is 24.3 Å². The average Bonchev–Trinajstić information content (AvgIpc) is 3.41. The Balaban J connectivity index is 4.55. The highest BCUT2D eigenvalue weighted by molar-refractivity contribution is 5.88. The van der Waals surface area contributed by atoms with E-state index in [0.29, 0.717) is 5.75 Å². The highest BCUT2D eigenvalue weighted by Gasteiger charge is 2.63. The van der Waals surface area contributed by atoms with Crippen LogP contribution in [0.25, 0.3) is 0 Å². The van der Waals surface area contributed by atoms with Crippen molar-refractivity contribution in [1.82, 2.24) is 0 Å². The summed E-state index contributed by atoms with van der Waals surface area (Å²) in [6.07, 6.45) is 67.1. The van der Waals surface area contributed by atoms with Gasteiger partial charge in [-0.3, -0.25) is 4.79 Å². The van der Waals surface area contributed by atoms with E-state index in [2.05, 4.69) is 48.5 Å². The Kier molecular flexibility index (Phi) is 46.7. The van der Waals surface area contributed by atoms with Crippen molar-refractivity contribution in [3.8, 4) is 5.75 Å². The highest BCUT2D eigenvalue weighted by atomic mass is 16.5. The lowest BCUT2D eigenvalue weighted by molar-refractivity contribution is -0.181. The lowest BCUT2D eigenvalue weighted by atomic mass is 9.42. The van der Waals surface area contributed by atoms with Crippen LogP contribution in [0.15, 0.2) is 24.3 Å². The molecule has 0 aliphatic carbocycles. The molecule has 1 N–H and O–H groups in total. The molecule has 440 valence electrons. The van der Waals surface area contributed by atoms with Gasteiger partial charge in [0.2, 0.25) is 0 Å². The van der Waals surface area contributed by atoms with Crippen LogP contribution in [-0.2, 0) is 4.79 Å². The molecular weight excluding hydrogens is 917 g/mol. The fourth-order valence-electron chi connectivity index (χ4n) is 13.9. The Labute approximate surface area is 469 Å². The Bertz CT molecular complexity index is 1380. The molecule has 0 radical (unpaired) electrons. The number of carboxylic acid groups (broad SMARTS) is 1. The molecule has 0 aliphatic rings. The summed E-state index contributed by atoms with van der Waals surface area (Å²) < 4.78 is 7.05. The summed E-state index contributed by atoms with van der Waals surface area (Å²) in [6.45, 7) is 16.4. The number of rotatable bonds is 58. The number of carboxylic acids is 1. The first-order valence-corrected chi connectivity index (χ1v) is 34.3. The summed E-state index contributed by atoms with van der Waals surface area (Å²) in [5, 5.41) is 9.97. The van der Waals surface area contributed by atoms with E-state index >= 15 is 4.79 Å². The first kappa shape index (κ1) is 71.2. The van der Waals surface area contributed by atoms with Crippen molar-refractivity contribution in [3.05, 3.63) is 29.8 Å². The van der Waals surface area contributed by atoms with Gasteiger partial charge in [0.1, 0.15) is 5.75 Å². The summed E-state index contributed by atoms with van der Waals surface area (Å²) in [5.41, 5.74) is -0.518. The SMILES string of the molecule is CCCCCCCCCC(CCCCCCCC)(CCCCCCCCC)C(CCCCCCCC)(CCCCCCCCC)C(CCCCCCCC)(CCCCCCCCC)C(=O)Oc1ccc(C(=O)O)cc1. The largest absolute Gasteiger partial charge is 0.478 e. The van der Waals surface area contributed by atoms with Gasteiger partial charge in [0, 0.05) is 0 Å². The molecule has 0 bridgehead atoms. The molecule has 2 unspecified atom stereocenters. The van der Waals surface area contributed by atoms with Crippen LogP contribution < -0.4 is 4.74 Å². The predicted molar refractivity (Wildman–Crippen MR) is 331 cm³/mol. The summed E-state index contributed by atoms with van der Waals surface area (Å²) in [6, 6.07) is 6.89. The smallest absolute Gasteiger partial charge is 0.335 e. The minimum atomic E-state index is -0.938. The van der Waals surface area contributed by atoms with Crippen molar-refractivity contribution in [1.29, 1.82) is 0 Å². The Morgan fingerprint density at radius 1 is 0.320 bits per heavy atom. The van der Waals surface area contributed by atoms with Crippen molar-refractivity contribution in [2.45, 2.75) is 389 Å². The van der Waals surface area contributed by atoms with Crippen molar-refractivity contribution >= 4 is 11.9 Å². The number of esters is 1. The molecule has 1 rings (SSSR count). The lowest BCUT2D eigenvalue weighted by Gasteiger charge is -2.61. The van der Waals surface area contributed by atoms with Gasteiger partial charge in [-0.25, -0.2) is 4.79 Å². The van der Waals surface area contributed by atoms with Crippen LogP contribution >= 0.6 is 0 Å². The second kappa shape index (κ2) is 49.2. The molecular formula is C71H132O4. The molecule has 0 heterocycles. The summed E-state index contributed by atoms with van der Waals surface area (Å²) in [7, 11) is 0. The molecule has 0 aliphatic heterocycles. The van der Waals surface area contributed by atoms with Gasteiger partial charge in [-0.05, 0) is 80.0 Å². The maximum atomic E-state index is 16.8. The zero-order chi connectivity index (χ0) is 54.8. The minimum absolute atomic E-state index is 0.0468. The van der Waals surface area contributed by atoms with E-state index in [1.165, 1.54) is 302 Å². The zero-order valence-electron chi connectivity index (χ0n) is 52.0. The van der Waals surface area contributed by atoms with Crippen LogP contribution in [0.1, 0.15) is 399 Å². The molecule has 0 saturated carbocycles. The number of benzene rings is 1. The molecule has 0 saturated heterocycles. The van der Waals surface area contributed by atoms with Crippen LogP contribution in [0.3, 0.4) is 0 Å². The highest BCUT2D eigenvalue weighted by Crippen LogP contribution is 2.68. The lowest BCUT2D eigenvalue weighted by Crippen LogP contribution is -2.59. The molecule has 75 heavy (non-hydrogen) atoms. The van der Waals surface area contributed by atoms with Gasteiger partial charge in [0.15, 0.2) is 0 Å². The second-order valence-electron chi connectivity index (χ2n) is 24.7. The monoisotopic (exact) mass is 1050 g/mol. The van der Waals surface area contributed by atoms with Crippen molar-refractivity contribution < 1.29 is 19.4 Å². The normalized spacial score (nSPS) is 13.5. The summed E-state index contributed by atoms with van der Waals surface area (Å²) in [4.78, 5) is 28.9. The number of hydrogen-bond donors (Lipinski definition) is 1. The van der Waals surface area contributed by atoms with Crippen LogP contribution in [0, 0.1) is 16.2 Å². The van der Waals surface area contributed by atoms with E-state index in [9.17, 15) is 9.90 Å². The molecule has 1 aromatic rings. The van der Waals surface area contributed by atoms with Gasteiger partial charge in [0.25, 0.3) is 0 Å². The minimum Gasteiger partial charge on any atom is -0.478 e. The molecule has 0 spiro atoms. The van der Waals surface area contributed by atoms with Gasteiger partial charge in [-0.2, -0.15) is 0 Å². The first-order chi connectivity index (χ1) is 36.7. The number of unbranched alkanes of at least 4 members (excludes halogenated alkanes) is 39. The third-order valence-corrected chi connectivity index (χ3v) is 18.5. The maximum absolute atomic E-state index is 16.8. The third-order valence-electron chi connectivity index (χ3n) is 18.5. The number of hydrogen-bond acceptors (Lipinski definition) is 3. The molecule has 4 nitrogen and oxygen atoms in total. The zero-order valence-corrected chi connectivity index (χ0v) is 52.0.